The molecule has 37 heavy (non-hydrogen) atoms. The molecule has 0 N–H and O–H groups in total. The molecule has 4 rings (SSSR count). The maximum Gasteiger partial charge on any atom is 0.338 e. The third-order valence-corrected chi connectivity index (χ3v) is 7.17. The van der Waals surface area contributed by atoms with Gasteiger partial charge in [0.25, 0.3) is 0 Å². The Kier molecular flexibility index (Phi) is 10.3. The average Bonchev–Trinajstić information content (AvgIpc) is 2.89. The molecule has 0 aliphatic rings. The Labute approximate surface area is 232 Å². The lowest BCUT2D eigenvalue weighted by Gasteiger charge is -2.17. The standard InChI is InChI=1S/C30H26ClNO3S.ClH/c1-20(33)36-29(17-13-22-7-3-4-9-27(22)30(34)35-2)24-8-5-6-21(18-24)10-15-26-16-12-23-11-14-25(31)19-28(23)32-26;/h3-12,14-16,18-19,29H,13,17H2,1-2H3;1H/b15-10+;. The van der Waals surface area contributed by atoms with E-state index in [2.05, 4.69) is 11.1 Å². The van der Waals surface area contributed by atoms with Gasteiger partial charge < -0.3 is 4.74 Å². The number of fused-ring (bicyclic) bond motifs is 1. The van der Waals surface area contributed by atoms with Crippen LogP contribution in [-0.4, -0.2) is 23.2 Å². The van der Waals surface area contributed by atoms with Gasteiger partial charge in [0.15, 0.2) is 5.12 Å². The second-order valence-corrected chi connectivity index (χ2v) is 10.2. The number of ether oxygens (including phenoxy) is 1. The molecule has 0 saturated heterocycles. The molecule has 0 fully saturated rings. The van der Waals surface area contributed by atoms with E-state index in [9.17, 15) is 9.59 Å². The molecule has 1 atom stereocenters. The number of hydrogen-bond acceptors (Lipinski definition) is 5. The molecule has 4 nitrogen and oxygen atoms in total. The largest absolute Gasteiger partial charge is 0.465 e. The van der Waals surface area contributed by atoms with Crippen LogP contribution in [0.4, 0.5) is 0 Å². The van der Waals surface area contributed by atoms with Crippen LogP contribution in [0, 0.1) is 0 Å². The number of halogens is 2. The summed E-state index contributed by atoms with van der Waals surface area (Å²) in [7, 11) is 1.38. The Balaban J connectivity index is 0.00000380. The van der Waals surface area contributed by atoms with Crippen LogP contribution in [0.25, 0.3) is 23.1 Å². The molecular weight excluding hydrogens is 525 g/mol. The predicted octanol–water partition coefficient (Wildman–Crippen LogP) is 8.22. The Morgan fingerprint density at radius 1 is 1.00 bits per heavy atom. The zero-order valence-corrected chi connectivity index (χ0v) is 22.9. The molecule has 1 unspecified atom stereocenters. The Hall–Kier alpha value is -3.12. The van der Waals surface area contributed by atoms with Crippen molar-refractivity contribution in [2.45, 2.75) is 25.0 Å². The van der Waals surface area contributed by atoms with E-state index in [1.807, 2.05) is 78.9 Å². The van der Waals surface area contributed by atoms with Gasteiger partial charge in [-0.25, -0.2) is 9.78 Å². The van der Waals surface area contributed by atoms with E-state index in [1.54, 1.807) is 13.0 Å². The number of nitrogens with zero attached hydrogens (tertiary/aromatic N) is 1. The van der Waals surface area contributed by atoms with Crippen LogP contribution in [-0.2, 0) is 16.0 Å². The van der Waals surface area contributed by atoms with Crippen molar-refractivity contribution in [3.05, 3.63) is 112 Å². The fourth-order valence-corrected chi connectivity index (χ4v) is 5.16. The van der Waals surface area contributed by atoms with E-state index in [1.165, 1.54) is 18.9 Å². The minimum Gasteiger partial charge on any atom is -0.465 e. The van der Waals surface area contributed by atoms with Gasteiger partial charge in [0.1, 0.15) is 0 Å². The minimum atomic E-state index is -0.349. The topological polar surface area (TPSA) is 56.3 Å². The number of esters is 1. The second-order valence-electron chi connectivity index (χ2n) is 8.36. The van der Waals surface area contributed by atoms with Gasteiger partial charge in [0, 0.05) is 22.6 Å². The smallest absolute Gasteiger partial charge is 0.338 e. The molecule has 0 aliphatic heterocycles. The monoisotopic (exact) mass is 551 g/mol. The van der Waals surface area contributed by atoms with Crippen LogP contribution < -0.4 is 0 Å². The molecule has 0 aliphatic carbocycles. The summed E-state index contributed by atoms with van der Waals surface area (Å²) in [6.45, 7) is 1.58. The molecule has 0 bridgehead atoms. The number of pyridine rings is 1. The Morgan fingerprint density at radius 3 is 2.57 bits per heavy atom. The Bertz CT molecular complexity index is 1440. The van der Waals surface area contributed by atoms with Crippen molar-refractivity contribution in [1.29, 1.82) is 0 Å². The van der Waals surface area contributed by atoms with Gasteiger partial charge in [-0.05, 0) is 59.9 Å². The average molecular weight is 553 g/mol. The highest BCUT2D eigenvalue weighted by Crippen LogP contribution is 2.35. The number of hydrogen-bond donors (Lipinski definition) is 0. The van der Waals surface area contributed by atoms with E-state index in [0.29, 0.717) is 23.4 Å². The number of carbonyl (C=O) groups excluding carboxylic acids is 2. The van der Waals surface area contributed by atoms with Gasteiger partial charge in [-0.2, -0.15) is 0 Å². The zero-order valence-electron chi connectivity index (χ0n) is 20.5. The van der Waals surface area contributed by atoms with Crippen molar-refractivity contribution >= 4 is 69.9 Å². The maximum atomic E-state index is 12.1. The van der Waals surface area contributed by atoms with Gasteiger partial charge in [0.05, 0.1) is 23.9 Å². The second kappa shape index (κ2) is 13.4. The molecule has 1 heterocycles. The van der Waals surface area contributed by atoms with Gasteiger partial charge in [-0.1, -0.05) is 84.0 Å². The highest BCUT2D eigenvalue weighted by Gasteiger charge is 2.18. The molecular formula is C30H27Cl2NO3S. The third-order valence-electron chi connectivity index (χ3n) is 5.81. The van der Waals surface area contributed by atoms with Crippen LogP contribution in [0.1, 0.15) is 51.3 Å². The van der Waals surface area contributed by atoms with Gasteiger partial charge in [-0.15, -0.1) is 12.4 Å². The summed E-state index contributed by atoms with van der Waals surface area (Å²) in [5.74, 6) is -0.349. The van der Waals surface area contributed by atoms with E-state index in [-0.39, 0.29) is 28.7 Å². The van der Waals surface area contributed by atoms with Gasteiger partial charge >= 0.3 is 5.97 Å². The third kappa shape index (κ3) is 7.68. The predicted molar refractivity (Wildman–Crippen MR) is 156 cm³/mol. The highest BCUT2D eigenvalue weighted by molar-refractivity contribution is 8.13. The molecule has 3 aromatic carbocycles. The number of aryl methyl sites for hydroxylation is 1. The molecule has 0 radical (unpaired) electrons. The number of aromatic nitrogens is 1. The van der Waals surface area contributed by atoms with Crippen LogP contribution in [0.5, 0.6) is 0 Å². The fraction of sp³-hybridized carbons (Fsp3) is 0.167. The van der Waals surface area contributed by atoms with Crippen molar-refractivity contribution < 1.29 is 14.3 Å². The minimum absolute atomic E-state index is 0. The number of rotatable bonds is 8. The highest BCUT2D eigenvalue weighted by atomic mass is 35.5. The maximum absolute atomic E-state index is 12.1. The summed E-state index contributed by atoms with van der Waals surface area (Å²) in [6.07, 6.45) is 5.35. The molecule has 1 aromatic heterocycles. The SMILES string of the molecule is COC(=O)c1ccccc1CCC(SC(C)=O)c1cccc(/C=C/c2ccc3ccc(Cl)cc3n2)c1.Cl. The van der Waals surface area contributed by atoms with Gasteiger partial charge in [0.2, 0.25) is 0 Å². The quantitative estimate of drug-likeness (QED) is 0.206. The lowest BCUT2D eigenvalue weighted by Crippen LogP contribution is -2.07. The van der Waals surface area contributed by atoms with Gasteiger partial charge in [-0.3, -0.25) is 4.79 Å². The molecule has 7 heteroatoms. The number of benzene rings is 3. The molecule has 0 spiro atoms. The summed E-state index contributed by atoms with van der Waals surface area (Å²) < 4.78 is 4.92. The van der Waals surface area contributed by atoms with Crippen LogP contribution in [0.3, 0.4) is 0 Å². The summed E-state index contributed by atoms with van der Waals surface area (Å²) in [4.78, 5) is 28.9. The first-order valence-electron chi connectivity index (χ1n) is 11.6. The summed E-state index contributed by atoms with van der Waals surface area (Å²) in [5, 5.41) is 1.71. The molecule has 0 saturated carbocycles. The van der Waals surface area contributed by atoms with E-state index >= 15 is 0 Å². The first kappa shape index (κ1) is 28.5. The molecule has 0 amide bonds. The van der Waals surface area contributed by atoms with E-state index in [4.69, 9.17) is 16.3 Å². The summed E-state index contributed by atoms with van der Waals surface area (Å²) in [6, 6.07) is 25.3. The van der Waals surface area contributed by atoms with Crippen molar-refractivity contribution in [1.82, 2.24) is 4.98 Å². The van der Waals surface area contributed by atoms with Crippen molar-refractivity contribution in [2.24, 2.45) is 0 Å². The zero-order chi connectivity index (χ0) is 25.5. The normalized spacial score (nSPS) is 11.8. The Morgan fingerprint density at radius 2 is 1.78 bits per heavy atom. The number of thioether (sulfide) groups is 1. The van der Waals surface area contributed by atoms with E-state index < -0.39 is 0 Å². The number of methoxy groups -OCH3 is 1. The fourth-order valence-electron chi connectivity index (χ4n) is 4.07. The first-order chi connectivity index (χ1) is 17.4. The van der Waals surface area contributed by atoms with Crippen LogP contribution in [0.15, 0.2) is 78.9 Å². The van der Waals surface area contributed by atoms with Crippen LogP contribution in [0.2, 0.25) is 5.02 Å². The summed E-state index contributed by atoms with van der Waals surface area (Å²) >= 11 is 7.43. The first-order valence-corrected chi connectivity index (χ1v) is 12.9. The van der Waals surface area contributed by atoms with Crippen molar-refractivity contribution in [3.8, 4) is 0 Å². The van der Waals surface area contributed by atoms with Crippen molar-refractivity contribution in [2.75, 3.05) is 7.11 Å². The molecule has 190 valence electrons. The van der Waals surface area contributed by atoms with Crippen molar-refractivity contribution in [3.63, 3.8) is 0 Å². The van der Waals surface area contributed by atoms with E-state index in [0.717, 1.165) is 33.3 Å². The summed E-state index contributed by atoms with van der Waals surface area (Å²) in [5.41, 5.74) is 5.24. The van der Waals surface area contributed by atoms with Crippen LogP contribution >= 0.6 is 35.8 Å². The lowest BCUT2D eigenvalue weighted by molar-refractivity contribution is -0.109. The lowest BCUT2D eigenvalue weighted by atomic mass is 9.98. The number of carbonyl (C=O) groups is 2. The molecule has 4 aromatic rings.